The Morgan fingerprint density at radius 3 is 2.88 bits per heavy atom. The molecule has 0 atom stereocenters. The fraction of sp³-hybridized carbons (Fsp3) is 0.333. The number of aldehydes is 1. The van der Waals surface area contributed by atoms with Gasteiger partial charge in [0.1, 0.15) is 12.4 Å². The number of hydrogen-bond donors (Lipinski definition) is 0. The van der Waals surface area contributed by atoms with Gasteiger partial charge in [-0.3, -0.25) is 4.79 Å². The Bertz CT molecular complexity index is 412. The number of carbonyl (C=O) groups excluding carboxylic acids is 1. The quantitative estimate of drug-likeness (QED) is 0.732. The van der Waals surface area contributed by atoms with Crippen molar-refractivity contribution >= 4 is 23.7 Å². The van der Waals surface area contributed by atoms with Crippen LogP contribution >= 0.6 is 11.8 Å². The van der Waals surface area contributed by atoms with E-state index in [2.05, 4.69) is 12.3 Å². The summed E-state index contributed by atoms with van der Waals surface area (Å²) < 4.78 is 0. The van der Waals surface area contributed by atoms with Crippen LogP contribution in [-0.4, -0.2) is 31.9 Å². The normalized spacial score (nSPS) is 9.56. The van der Waals surface area contributed by atoms with E-state index < -0.39 is 0 Å². The molecule has 0 aliphatic carbocycles. The maximum Gasteiger partial charge on any atom is 0.150 e. The van der Waals surface area contributed by atoms with Crippen LogP contribution in [0.25, 0.3) is 0 Å². The van der Waals surface area contributed by atoms with Crippen LogP contribution in [0.4, 0.5) is 5.69 Å². The van der Waals surface area contributed by atoms with Crippen LogP contribution in [0.3, 0.4) is 0 Å². The van der Waals surface area contributed by atoms with Crippen molar-refractivity contribution < 1.29 is 4.79 Å². The smallest absolute Gasteiger partial charge is 0.150 e. The summed E-state index contributed by atoms with van der Waals surface area (Å²) in [5.41, 5.74) is 1.97. The molecule has 0 aliphatic heterocycles. The highest BCUT2D eigenvalue weighted by Gasteiger charge is 2.07. The molecule has 0 aromatic heterocycles. The molecule has 0 N–H and O–H groups in total. The molecule has 16 heavy (non-hydrogen) atoms. The summed E-state index contributed by atoms with van der Waals surface area (Å²) in [6.07, 6.45) is 2.81. The summed E-state index contributed by atoms with van der Waals surface area (Å²) in [6, 6.07) is 7.30. The predicted octanol–water partition coefficient (Wildman–Crippen LogP) is 2.17. The largest absolute Gasteiger partial charge is 0.373 e. The van der Waals surface area contributed by atoms with Gasteiger partial charge in [0.15, 0.2) is 0 Å². The van der Waals surface area contributed by atoms with Gasteiger partial charge in [-0.25, -0.2) is 0 Å². The first-order valence-corrected chi connectivity index (χ1v) is 6.31. The Kier molecular flexibility index (Phi) is 4.87. The maximum atomic E-state index is 10.6. The minimum Gasteiger partial charge on any atom is -0.373 e. The lowest BCUT2D eigenvalue weighted by molar-refractivity contribution is 0.112. The zero-order valence-corrected chi connectivity index (χ0v) is 10.3. The Morgan fingerprint density at radius 2 is 2.31 bits per heavy atom. The highest BCUT2D eigenvalue weighted by Crippen LogP contribution is 2.19. The summed E-state index contributed by atoms with van der Waals surface area (Å²) >= 11 is 1.76. The van der Waals surface area contributed by atoms with Crippen LogP contribution in [0.2, 0.25) is 0 Å². The van der Waals surface area contributed by atoms with Crippen molar-refractivity contribution in [2.24, 2.45) is 0 Å². The van der Waals surface area contributed by atoms with E-state index >= 15 is 0 Å². The molecule has 0 spiro atoms. The van der Waals surface area contributed by atoms with Crippen molar-refractivity contribution in [3.8, 4) is 6.07 Å². The molecule has 0 heterocycles. The summed E-state index contributed by atoms with van der Waals surface area (Å²) in [7, 11) is 1.95. The Balaban J connectivity index is 2.95. The van der Waals surface area contributed by atoms with Crippen molar-refractivity contribution in [3.05, 3.63) is 29.3 Å². The van der Waals surface area contributed by atoms with Crippen molar-refractivity contribution in [1.82, 2.24) is 0 Å². The van der Waals surface area contributed by atoms with Gasteiger partial charge < -0.3 is 4.90 Å². The molecule has 3 nitrogen and oxygen atoms in total. The average Bonchev–Trinajstić information content (AvgIpc) is 2.34. The third kappa shape index (κ3) is 3.01. The van der Waals surface area contributed by atoms with E-state index in [-0.39, 0.29) is 0 Å². The number of benzene rings is 1. The standard InChI is InChI=1S/C12H14N2OS/c1-14(5-6-16-2)12-4-3-10(9-15)7-11(12)8-13/h3-4,7,9H,5-6H2,1-2H3. The van der Waals surface area contributed by atoms with E-state index in [9.17, 15) is 4.79 Å². The highest BCUT2D eigenvalue weighted by molar-refractivity contribution is 7.98. The topological polar surface area (TPSA) is 44.1 Å². The minimum atomic E-state index is 0.540. The Hall–Kier alpha value is -1.47. The zero-order valence-electron chi connectivity index (χ0n) is 9.43. The van der Waals surface area contributed by atoms with Gasteiger partial charge >= 0.3 is 0 Å². The molecule has 0 fully saturated rings. The average molecular weight is 234 g/mol. The summed E-state index contributed by atoms with van der Waals surface area (Å²) in [5, 5.41) is 9.01. The number of nitrogens with zero attached hydrogens (tertiary/aromatic N) is 2. The van der Waals surface area contributed by atoms with E-state index in [1.807, 2.05) is 18.0 Å². The Morgan fingerprint density at radius 1 is 1.56 bits per heavy atom. The third-order valence-corrected chi connectivity index (χ3v) is 2.91. The van der Waals surface area contributed by atoms with Crippen LogP contribution < -0.4 is 4.90 Å². The molecule has 0 saturated carbocycles. The lowest BCUT2D eigenvalue weighted by Gasteiger charge is -2.20. The molecule has 0 amide bonds. The fourth-order valence-electron chi connectivity index (χ4n) is 1.40. The number of nitriles is 1. The number of thioether (sulfide) groups is 1. The first-order chi connectivity index (χ1) is 7.72. The molecular weight excluding hydrogens is 220 g/mol. The van der Waals surface area contributed by atoms with Crippen molar-refractivity contribution in [2.75, 3.05) is 30.5 Å². The second-order valence-corrected chi connectivity index (χ2v) is 4.41. The zero-order chi connectivity index (χ0) is 12.0. The second-order valence-electron chi connectivity index (χ2n) is 3.42. The molecule has 4 heteroatoms. The molecule has 0 radical (unpaired) electrons. The summed E-state index contributed by atoms with van der Waals surface area (Å²) in [6.45, 7) is 0.885. The van der Waals surface area contributed by atoms with Crippen LogP contribution in [0, 0.1) is 11.3 Å². The van der Waals surface area contributed by atoms with E-state index in [0.29, 0.717) is 11.1 Å². The predicted molar refractivity (Wildman–Crippen MR) is 68.2 cm³/mol. The fourth-order valence-corrected chi connectivity index (χ4v) is 1.85. The second kappa shape index (κ2) is 6.19. The molecule has 84 valence electrons. The van der Waals surface area contributed by atoms with Crippen LogP contribution in [0.1, 0.15) is 15.9 Å². The lowest BCUT2D eigenvalue weighted by atomic mass is 10.1. The first kappa shape index (κ1) is 12.6. The van der Waals surface area contributed by atoms with E-state index in [0.717, 1.165) is 24.3 Å². The number of carbonyl (C=O) groups is 1. The molecule has 0 bridgehead atoms. The van der Waals surface area contributed by atoms with Crippen molar-refractivity contribution in [2.45, 2.75) is 0 Å². The minimum absolute atomic E-state index is 0.540. The molecule has 1 aromatic carbocycles. The van der Waals surface area contributed by atoms with E-state index in [1.165, 1.54) is 0 Å². The molecule has 1 rings (SSSR count). The number of hydrogen-bond acceptors (Lipinski definition) is 4. The monoisotopic (exact) mass is 234 g/mol. The number of anilines is 1. The van der Waals surface area contributed by atoms with Gasteiger partial charge in [-0.15, -0.1) is 0 Å². The number of rotatable bonds is 5. The molecular formula is C12H14N2OS. The first-order valence-electron chi connectivity index (χ1n) is 4.92. The Labute approximate surface area is 100 Å². The van der Waals surface area contributed by atoms with E-state index in [4.69, 9.17) is 5.26 Å². The molecule has 0 saturated heterocycles. The third-order valence-electron chi connectivity index (χ3n) is 2.32. The summed E-state index contributed by atoms with van der Waals surface area (Å²) in [4.78, 5) is 12.6. The molecule has 0 unspecified atom stereocenters. The summed E-state index contributed by atoms with van der Waals surface area (Å²) in [5.74, 6) is 1.01. The van der Waals surface area contributed by atoms with Gasteiger partial charge in [0.2, 0.25) is 0 Å². The van der Waals surface area contributed by atoms with Gasteiger partial charge in [-0.2, -0.15) is 17.0 Å². The van der Waals surface area contributed by atoms with Gasteiger partial charge in [0.25, 0.3) is 0 Å². The highest BCUT2D eigenvalue weighted by atomic mass is 32.2. The van der Waals surface area contributed by atoms with Gasteiger partial charge in [-0.1, -0.05) is 0 Å². The van der Waals surface area contributed by atoms with Crippen molar-refractivity contribution in [3.63, 3.8) is 0 Å². The molecule has 1 aromatic rings. The maximum absolute atomic E-state index is 10.6. The lowest BCUT2D eigenvalue weighted by Crippen LogP contribution is -2.21. The van der Waals surface area contributed by atoms with Gasteiger partial charge in [-0.05, 0) is 24.5 Å². The van der Waals surface area contributed by atoms with Gasteiger partial charge in [0, 0.05) is 24.9 Å². The van der Waals surface area contributed by atoms with Crippen LogP contribution in [0.5, 0.6) is 0 Å². The van der Waals surface area contributed by atoms with E-state index in [1.54, 1.807) is 23.9 Å². The van der Waals surface area contributed by atoms with Crippen molar-refractivity contribution in [1.29, 1.82) is 5.26 Å². The SMILES string of the molecule is CSCCN(C)c1ccc(C=O)cc1C#N. The molecule has 0 aliphatic rings. The van der Waals surface area contributed by atoms with Crippen LogP contribution in [0.15, 0.2) is 18.2 Å². The van der Waals surface area contributed by atoms with Crippen LogP contribution in [-0.2, 0) is 0 Å². The van der Waals surface area contributed by atoms with Gasteiger partial charge in [0.05, 0.1) is 11.3 Å².